The van der Waals surface area contributed by atoms with Crippen LogP contribution in [0.25, 0.3) is 0 Å². The van der Waals surface area contributed by atoms with Crippen molar-refractivity contribution in [1.82, 2.24) is 5.32 Å². The van der Waals surface area contributed by atoms with E-state index in [0.717, 1.165) is 5.56 Å². The summed E-state index contributed by atoms with van der Waals surface area (Å²) in [5.74, 6) is -1.49. The highest BCUT2D eigenvalue weighted by Crippen LogP contribution is 2.22. The largest absolute Gasteiger partial charge is 0.344 e. The van der Waals surface area contributed by atoms with Gasteiger partial charge in [-0.15, -0.1) is 0 Å². The summed E-state index contributed by atoms with van der Waals surface area (Å²) in [6.45, 7) is 1.94. The standard InChI is InChI=1S/C16H14Cl2N2O2/c1-10-12(17)7-4-8-14(10)20-16(22)15(21)19-9-11-5-2-3-6-13(11)18/h2-8H,9H2,1H3,(H,19,21)(H,20,22). The van der Waals surface area contributed by atoms with Gasteiger partial charge in [-0.05, 0) is 36.2 Å². The lowest BCUT2D eigenvalue weighted by Gasteiger charge is -2.10. The molecule has 0 heterocycles. The molecule has 0 saturated heterocycles. The van der Waals surface area contributed by atoms with Gasteiger partial charge in [-0.2, -0.15) is 0 Å². The molecule has 0 bridgehead atoms. The van der Waals surface area contributed by atoms with Crippen LogP contribution in [0.4, 0.5) is 5.69 Å². The summed E-state index contributed by atoms with van der Waals surface area (Å²) in [4.78, 5) is 23.7. The van der Waals surface area contributed by atoms with E-state index >= 15 is 0 Å². The number of amides is 2. The fraction of sp³-hybridized carbons (Fsp3) is 0.125. The van der Waals surface area contributed by atoms with Crippen LogP contribution in [0.15, 0.2) is 42.5 Å². The molecule has 0 aliphatic carbocycles. The second-order valence-electron chi connectivity index (χ2n) is 4.64. The molecule has 0 aromatic heterocycles. The van der Waals surface area contributed by atoms with Gasteiger partial charge < -0.3 is 10.6 Å². The van der Waals surface area contributed by atoms with E-state index in [-0.39, 0.29) is 6.54 Å². The highest BCUT2D eigenvalue weighted by molar-refractivity contribution is 6.40. The highest BCUT2D eigenvalue weighted by atomic mass is 35.5. The van der Waals surface area contributed by atoms with E-state index in [4.69, 9.17) is 23.2 Å². The Bertz CT molecular complexity index is 717. The molecule has 0 aliphatic rings. The Balaban J connectivity index is 1.97. The molecular weight excluding hydrogens is 323 g/mol. The number of hydrogen-bond donors (Lipinski definition) is 2. The van der Waals surface area contributed by atoms with Crippen LogP contribution < -0.4 is 10.6 Å². The van der Waals surface area contributed by atoms with E-state index in [1.807, 2.05) is 6.07 Å². The van der Waals surface area contributed by atoms with Crippen molar-refractivity contribution in [3.63, 3.8) is 0 Å². The molecule has 0 atom stereocenters. The Kier molecular flexibility index (Phi) is 5.41. The first-order valence-electron chi connectivity index (χ1n) is 6.56. The third-order valence-electron chi connectivity index (χ3n) is 3.12. The zero-order valence-electron chi connectivity index (χ0n) is 11.8. The molecule has 2 amide bonds. The van der Waals surface area contributed by atoms with E-state index in [2.05, 4.69) is 10.6 Å². The van der Waals surface area contributed by atoms with E-state index in [9.17, 15) is 9.59 Å². The van der Waals surface area contributed by atoms with Crippen LogP contribution >= 0.6 is 23.2 Å². The van der Waals surface area contributed by atoms with Crippen molar-refractivity contribution in [2.75, 3.05) is 5.32 Å². The van der Waals surface area contributed by atoms with Crippen LogP contribution in [0.5, 0.6) is 0 Å². The molecule has 0 spiro atoms. The lowest BCUT2D eigenvalue weighted by Crippen LogP contribution is -2.35. The molecule has 0 radical (unpaired) electrons. The number of carbonyl (C=O) groups is 2. The molecule has 2 rings (SSSR count). The van der Waals surface area contributed by atoms with Crippen molar-refractivity contribution in [2.24, 2.45) is 0 Å². The second-order valence-corrected chi connectivity index (χ2v) is 5.46. The quantitative estimate of drug-likeness (QED) is 0.842. The SMILES string of the molecule is Cc1c(Cl)cccc1NC(=O)C(=O)NCc1ccccc1Cl. The minimum atomic E-state index is -0.752. The van der Waals surface area contributed by atoms with Gasteiger partial charge in [0.2, 0.25) is 0 Å². The summed E-state index contributed by atoms with van der Waals surface area (Å²) in [6.07, 6.45) is 0. The second kappa shape index (κ2) is 7.29. The first-order chi connectivity index (χ1) is 10.5. The predicted molar refractivity (Wildman–Crippen MR) is 88.1 cm³/mol. The van der Waals surface area contributed by atoms with Gasteiger partial charge >= 0.3 is 11.8 Å². The van der Waals surface area contributed by atoms with E-state index in [1.54, 1.807) is 43.3 Å². The number of nitrogens with one attached hydrogen (secondary N) is 2. The number of halogens is 2. The Morgan fingerprint density at radius 2 is 1.64 bits per heavy atom. The first-order valence-corrected chi connectivity index (χ1v) is 7.32. The number of carbonyl (C=O) groups excluding carboxylic acids is 2. The smallest absolute Gasteiger partial charge is 0.313 e. The van der Waals surface area contributed by atoms with Gasteiger partial charge in [-0.3, -0.25) is 9.59 Å². The number of anilines is 1. The first kappa shape index (κ1) is 16.3. The predicted octanol–water partition coefficient (Wildman–Crippen LogP) is 3.56. The molecule has 2 aromatic rings. The zero-order chi connectivity index (χ0) is 16.1. The molecule has 6 heteroatoms. The van der Waals surface area contributed by atoms with Crippen LogP contribution in [0, 0.1) is 6.92 Å². The summed E-state index contributed by atoms with van der Waals surface area (Å²) < 4.78 is 0. The van der Waals surface area contributed by atoms with Gasteiger partial charge in [-0.25, -0.2) is 0 Å². The molecule has 4 nitrogen and oxygen atoms in total. The lowest BCUT2D eigenvalue weighted by molar-refractivity contribution is -0.136. The maximum Gasteiger partial charge on any atom is 0.313 e. The molecule has 0 aliphatic heterocycles. The van der Waals surface area contributed by atoms with Crippen molar-refractivity contribution in [1.29, 1.82) is 0 Å². The fourth-order valence-electron chi connectivity index (χ4n) is 1.82. The van der Waals surface area contributed by atoms with Gasteiger partial charge in [0.15, 0.2) is 0 Å². The van der Waals surface area contributed by atoms with Crippen molar-refractivity contribution in [2.45, 2.75) is 13.5 Å². The maximum absolute atomic E-state index is 11.9. The Morgan fingerprint density at radius 1 is 0.955 bits per heavy atom. The average Bonchev–Trinajstić information content (AvgIpc) is 2.50. The van der Waals surface area contributed by atoms with Crippen LogP contribution in [-0.2, 0) is 16.1 Å². The molecule has 2 N–H and O–H groups in total. The van der Waals surface area contributed by atoms with Gasteiger partial charge in [0.1, 0.15) is 0 Å². The summed E-state index contributed by atoms with van der Waals surface area (Å²) in [7, 11) is 0. The van der Waals surface area contributed by atoms with Crippen molar-refractivity contribution >= 4 is 40.7 Å². The van der Waals surface area contributed by atoms with E-state index in [1.165, 1.54) is 0 Å². The van der Waals surface area contributed by atoms with Gasteiger partial charge in [0, 0.05) is 22.3 Å². The third-order valence-corrected chi connectivity index (χ3v) is 3.90. The van der Waals surface area contributed by atoms with E-state index < -0.39 is 11.8 Å². The lowest BCUT2D eigenvalue weighted by atomic mass is 10.2. The normalized spacial score (nSPS) is 10.1. The third kappa shape index (κ3) is 4.00. The molecule has 0 saturated carbocycles. The average molecular weight is 337 g/mol. The highest BCUT2D eigenvalue weighted by Gasteiger charge is 2.15. The van der Waals surface area contributed by atoms with Crippen LogP contribution in [0.1, 0.15) is 11.1 Å². The van der Waals surface area contributed by atoms with Crippen LogP contribution in [0.3, 0.4) is 0 Å². The van der Waals surface area contributed by atoms with Crippen molar-refractivity contribution in [3.05, 3.63) is 63.6 Å². The molecule has 114 valence electrons. The Hall–Kier alpha value is -2.04. The number of hydrogen-bond acceptors (Lipinski definition) is 2. The van der Waals surface area contributed by atoms with Gasteiger partial charge in [0.25, 0.3) is 0 Å². The summed E-state index contributed by atoms with van der Waals surface area (Å²) in [5, 5.41) is 6.12. The van der Waals surface area contributed by atoms with Gasteiger partial charge in [-0.1, -0.05) is 47.5 Å². The summed E-state index contributed by atoms with van der Waals surface area (Å²) >= 11 is 12.0. The fourth-order valence-corrected chi connectivity index (χ4v) is 2.20. The maximum atomic E-state index is 11.9. The molecule has 22 heavy (non-hydrogen) atoms. The van der Waals surface area contributed by atoms with Crippen LogP contribution in [-0.4, -0.2) is 11.8 Å². The van der Waals surface area contributed by atoms with Gasteiger partial charge in [0.05, 0.1) is 0 Å². The molecule has 2 aromatic carbocycles. The molecular formula is C16H14Cl2N2O2. The molecule has 0 unspecified atom stereocenters. The van der Waals surface area contributed by atoms with Crippen molar-refractivity contribution < 1.29 is 9.59 Å². The zero-order valence-corrected chi connectivity index (χ0v) is 13.3. The van der Waals surface area contributed by atoms with Crippen LogP contribution in [0.2, 0.25) is 10.0 Å². The Labute approximate surface area is 138 Å². The molecule has 0 fully saturated rings. The van der Waals surface area contributed by atoms with Crippen molar-refractivity contribution in [3.8, 4) is 0 Å². The summed E-state index contributed by atoms with van der Waals surface area (Å²) in [5.41, 5.74) is 1.95. The topological polar surface area (TPSA) is 58.2 Å². The number of benzene rings is 2. The van der Waals surface area contributed by atoms with E-state index in [0.29, 0.717) is 21.3 Å². The Morgan fingerprint density at radius 3 is 2.36 bits per heavy atom. The number of rotatable bonds is 3. The minimum Gasteiger partial charge on any atom is -0.344 e. The minimum absolute atomic E-state index is 0.181. The summed E-state index contributed by atoms with van der Waals surface area (Å²) in [6, 6.07) is 12.2. The monoisotopic (exact) mass is 336 g/mol.